The molecule has 0 atom stereocenters. The fourth-order valence-electron chi connectivity index (χ4n) is 4.30. The second kappa shape index (κ2) is 9.40. The minimum absolute atomic E-state index is 0.308. The number of rotatable bonds is 7. The summed E-state index contributed by atoms with van der Waals surface area (Å²) in [5.41, 5.74) is 7.46. The number of likely N-dealkylation sites (N-methyl/N-ethyl adjacent to an activating group) is 1. The molecule has 3 N–H and O–H groups in total. The van der Waals surface area contributed by atoms with E-state index in [0.717, 1.165) is 51.2 Å². The van der Waals surface area contributed by atoms with Crippen LogP contribution in [0.5, 0.6) is 0 Å². The molecule has 0 unspecified atom stereocenters. The molecule has 6 rings (SSSR count). The predicted molar refractivity (Wildman–Crippen MR) is 142 cm³/mol. The van der Waals surface area contributed by atoms with Gasteiger partial charge in [-0.15, -0.1) is 0 Å². The Morgan fingerprint density at radius 2 is 1.78 bits per heavy atom. The maximum Gasteiger partial charge on any atom is 0.161 e. The molecule has 0 saturated carbocycles. The predicted octanol–water partition coefficient (Wildman–Crippen LogP) is 4.74. The van der Waals surface area contributed by atoms with Crippen molar-refractivity contribution in [3.8, 4) is 33.9 Å². The maximum absolute atomic E-state index is 14.6. The van der Waals surface area contributed by atoms with Gasteiger partial charge in [-0.3, -0.25) is 5.10 Å². The van der Waals surface area contributed by atoms with Crippen LogP contribution >= 0.6 is 0 Å². The lowest BCUT2D eigenvalue weighted by Crippen LogP contribution is -2.20. The van der Waals surface area contributed by atoms with E-state index in [1.807, 2.05) is 50.5 Å². The van der Waals surface area contributed by atoms with Crippen molar-refractivity contribution in [1.82, 2.24) is 40.0 Å². The Labute approximate surface area is 211 Å². The van der Waals surface area contributed by atoms with Crippen LogP contribution in [-0.2, 0) is 0 Å². The summed E-state index contributed by atoms with van der Waals surface area (Å²) in [5.74, 6) is 0.265. The molecule has 4 heterocycles. The topological polar surface area (TPSA) is 111 Å². The van der Waals surface area contributed by atoms with E-state index in [9.17, 15) is 4.39 Å². The molecule has 9 nitrogen and oxygen atoms in total. The summed E-state index contributed by atoms with van der Waals surface area (Å²) >= 11 is 0. The van der Waals surface area contributed by atoms with Crippen LogP contribution in [0, 0.1) is 5.82 Å². The highest BCUT2D eigenvalue weighted by atomic mass is 19.1. The smallest absolute Gasteiger partial charge is 0.161 e. The van der Waals surface area contributed by atoms with Crippen LogP contribution in [0.3, 0.4) is 0 Å². The monoisotopic (exact) mass is 493 g/mol. The van der Waals surface area contributed by atoms with Gasteiger partial charge in [-0.1, -0.05) is 12.1 Å². The largest absolute Gasteiger partial charge is 0.384 e. The normalized spacial score (nSPS) is 11.6. The third kappa shape index (κ3) is 4.50. The average molecular weight is 494 g/mol. The van der Waals surface area contributed by atoms with Crippen LogP contribution < -0.4 is 5.32 Å². The zero-order valence-electron chi connectivity index (χ0n) is 20.3. The Bertz CT molecular complexity index is 1710. The number of nitrogens with zero attached hydrogens (tertiary/aromatic N) is 6. The number of imidazole rings is 1. The Kier molecular flexibility index (Phi) is 5.78. The summed E-state index contributed by atoms with van der Waals surface area (Å²) in [7, 11) is 4.01. The third-order valence-electron chi connectivity index (χ3n) is 6.10. The van der Waals surface area contributed by atoms with Gasteiger partial charge in [0.25, 0.3) is 0 Å². The number of para-hydroxylation sites is 1. The van der Waals surface area contributed by atoms with E-state index in [0.29, 0.717) is 23.6 Å². The molecule has 184 valence electrons. The lowest BCUT2D eigenvalue weighted by Gasteiger charge is -2.13. The Morgan fingerprint density at radius 1 is 0.919 bits per heavy atom. The number of pyridine rings is 1. The van der Waals surface area contributed by atoms with Gasteiger partial charge >= 0.3 is 0 Å². The molecule has 0 aliphatic heterocycles. The van der Waals surface area contributed by atoms with Crippen LogP contribution in [0.4, 0.5) is 10.1 Å². The number of anilines is 1. The van der Waals surface area contributed by atoms with Gasteiger partial charge in [0.15, 0.2) is 11.5 Å². The molecule has 6 aromatic rings. The summed E-state index contributed by atoms with van der Waals surface area (Å²) in [6.45, 7) is 1.55. The van der Waals surface area contributed by atoms with Crippen LogP contribution in [0.2, 0.25) is 0 Å². The first kappa shape index (κ1) is 22.7. The number of benzene rings is 2. The van der Waals surface area contributed by atoms with Gasteiger partial charge in [-0.25, -0.2) is 24.3 Å². The molecule has 0 fully saturated rings. The van der Waals surface area contributed by atoms with E-state index in [2.05, 4.69) is 35.4 Å². The minimum atomic E-state index is -0.308. The SMILES string of the molecule is CN(C)CCNc1cc(F)cc(-c2cccc3[nH]c(-c4n[nH]c5ccc(-c6cncnc6)nc45)nc23)c1. The number of aromatic amines is 2. The summed E-state index contributed by atoms with van der Waals surface area (Å²) in [6, 6.07) is 14.6. The zero-order valence-corrected chi connectivity index (χ0v) is 20.3. The fraction of sp³-hybridized carbons (Fsp3) is 0.148. The van der Waals surface area contributed by atoms with Gasteiger partial charge in [0.05, 0.1) is 22.2 Å². The van der Waals surface area contributed by atoms with Crippen molar-refractivity contribution in [3.05, 3.63) is 73.1 Å². The first-order valence-electron chi connectivity index (χ1n) is 11.8. The van der Waals surface area contributed by atoms with Gasteiger partial charge in [0.2, 0.25) is 0 Å². The van der Waals surface area contributed by atoms with Gasteiger partial charge < -0.3 is 15.2 Å². The quantitative estimate of drug-likeness (QED) is 0.295. The minimum Gasteiger partial charge on any atom is -0.384 e. The van der Waals surface area contributed by atoms with Crippen molar-refractivity contribution >= 4 is 27.8 Å². The first-order chi connectivity index (χ1) is 18.0. The lowest BCUT2D eigenvalue weighted by atomic mass is 10.0. The highest BCUT2D eigenvalue weighted by Gasteiger charge is 2.17. The fourth-order valence-corrected chi connectivity index (χ4v) is 4.30. The maximum atomic E-state index is 14.6. The van der Waals surface area contributed by atoms with Crippen molar-refractivity contribution in [2.24, 2.45) is 0 Å². The molecule has 10 heteroatoms. The van der Waals surface area contributed by atoms with Crippen molar-refractivity contribution in [1.29, 1.82) is 0 Å². The van der Waals surface area contributed by atoms with E-state index >= 15 is 0 Å². The molecule has 0 spiro atoms. The van der Waals surface area contributed by atoms with Crippen LogP contribution in [0.15, 0.2) is 67.3 Å². The number of fused-ring (bicyclic) bond motifs is 2. The number of nitrogens with one attached hydrogen (secondary N) is 3. The van der Waals surface area contributed by atoms with Crippen molar-refractivity contribution in [2.45, 2.75) is 0 Å². The molecule has 0 amide bonds. The molecule has 37 heavy (non-hydrogen) atoms. The van der Waals surface area contributed by atoms with E-state index in [-0.39, 0.29) is 5.82 Å². The van der Waals surface area contributed by atoms with Crippen molar-refractivity contribution < 1.29 is 4.39 Å². The van der Waals surface area contributed by atoms with Gasteiger partial charge in [-0.2, -0.15) is 5.10 Å². The van der Waals surface area contributed by atoms with E-state index in [4.69, 9.17) is 9.97 Å². The second-order valence-electron chi connectivity index (χ2n) is 9.04. The summed E-state index contributed by atoms with van der Waals surface area (Å²) in [4.78, 5) is 23.3. The number of hydrogen-bond acceptors (Lipinski definition) is 7. The molecule has 0 aliphatic carbocycles. The van der Waals surface area contributed by atoms with Crippen molar-refractivity contribution in [3.63, 3.8) is 0 Å². The number of hydrogen-bond donors (Lipinski definition) is 3. The third-order valence-corrected chi connectivity index (χ3v) is 6.10. The van der Waals surface area contributed by atoms with Gasteiger partial charge in [0, 0.05) is 42.3 Å². The summed E-state index contributed by atoms with van der Waals surface area (Å²) in [5, 5.41) is 10.8. The lowest BCUT2D eigenvalue weighted by molar-refractivity contribution is 0.425. The summed E-state index contributed by atoms with van der Waals surface area (Å²) < 4.78 is 14.6. The number of aromatic nitrogens is 7. The zero-order chi connectivity index (χ0) is 25.4. The molecular weight excluding hydrogens is 469 g/mol. The van der Waals surface area contributed by atoms with E-state index in [1.54, 1.807) is 12.4 Å². The second-order valence-corrected chi connectivity index (χ2v) is 9.04. The standard InChI is InChI=1S/C27H24FN9/c1-37(2)9-8-31-19-11-16(10-18(28)12-19)20-4-3-5-22-24(20)34-27(33-22)26-25-23(35-36-26)7-6-21(32-25)17-13-29-15-30-14-17/h3-7,10-15,31H,8-9H2,1-2H3,(H,33,34)(H,35,36). The van der Waals surface area contributed by atoms with Crippen LogP contribution in [0.1, 0.15) is 0 Å². The molecule has 0 bridgehead atoms. The highest BCUT2D eigenvalue weighted by Crippen LogP contribution is 2.33. The Morgan fingerprint density at radius 3 is 2.62 bits per heavy atom. The Hall–Kier alpha value is -4.70. The molecule has 0 aliphatic rings. The molecule has 4 aromatic heterocycles. The van der Waals surface area contributed by atoms with Crippen LogP contribution in [-0.4, -0.2) is 67.2 Å². The van der Waals surface area contributed by atoms with E-state index < -0.39 is 0 Å². The molecule has 2 aromatic carbocycles. The highest BCUT2D eigenvalue weighted by molar-refractivity contribution is 5.96. The first-order valence-corrected chi connectivity index (χ1v) is 11.8. The molecule has 0 saturated heterocycles. The van der Waals surface area contributed by atoms with E-state index in [1.165, 1.54) is 18.5 Å². The average Bonchev–Trinajstić information content (AvgIpc) is 3.52. The number of H-pyrrole nitrogens is 2. The Balaban J connectivity index is 1.41. The number of halogens is 1. The molecule has 0 radical (unpaired) electrons. The molecular formula is C27H24FN9. The van der Waals surface area contributed by atoms with Crippen molar-refractivity contribution in [2.75, 3.05) is 32.5 Å². The summed E-state index contributed by atoms with van der Waals surface area (Å²) in [6.07, 6.45) is 4.92. The van der Waals surface area contributed by atoms with Gasteiger partial charge in [-0.05, 0) is 56.1 Å². The van der Waals surface area contributed by atoms with Gasteiger partial charge in [0.1, 0.15) is 17.7 Å². The van der Waals surface area contributed by atoms with Crippen LogP contribution in [0.25, 0.3) is 56.0 Å².